The summed E-state index contributed by atoms with van der Waals surface area (Å²) in [5.41, 5.74) is 1.88. The van der Waals surface area contributed by atoms with Crippen LogP contribution in [0.25, 0.3) is 6.08 Å². The molecule has 1 aromatic heterocycles. The molecule has 0 atom stereocenters. The summed E-state index contributed by atoms with van der Waals surface area (Å²) in [6.45, 7) is 7.06. The van der Waals surface area contributed by atoms with E-state index in [-0.39, 0.29) is 17.7 Å². The second kappa shape index (κ2) is 11.1. The fourth-order valence-corrected chi connectivity index (χ4v) is 3.52. The first-order valence-electron chi connectivity index (χ1n) is 10.6. The largest absolute Gasteiger partial charge is 0.493 e. The van der Waals surface area contributed by atoms with Gasteiger partial charge in [0.2, 0.25) is 11.8 Å². The molecule has 1 aromatic carbocycles. The van der Waals surface area contributed by atoms with Crippen molar-refractivity contribution in [2.75, 3.05) is 32.1 Å². The highest BCUT2D eigenvalue weighted by atomic mass is 16.5. The van der Waals surface area contributed by atoms with E-state index in [1.807, 2.05) is 31.2 Å². The molecule has 1 fully saturated rings. The Kier molecular flexibility index (Phi) is 8.02. The predicted octanol–water partition coefficient (Wildman–Crippen LogP) is 3.85. The number of nitrogens with zero attached hydrogens (tertiary/aromatic N) is 2. The highest BCUT2D eigenvalue weighted by Crippen LogP contribution is 2.28. The van der Waals surface area contributed by atoms with E-state index in [2.05, 4.69) is 16.9 Å². The van der Waals surface area contributed by atoms with Crippen molar-refractivity contribution < 1.29 is 19.1 Å². The quantitative estimate of drug-likeness (QED) is 0.503. The van der Waals surface area contributed by atoms with E-state index in [4.69, 9.17) is 9.47 Å². The number of pyridine rings is 1. The molecular weight excluding hydrogens is 406 g/mol. The molecule has 0 bridgehead atoms. The fourth-order valence-electron chi connectivity index (χ4n) is 3.52. The molecule has 3 rings (SSSR count). The Balaban J connectivity index is 1.52. The first kappa shape index (κ1) is 23.1. The molecule has 0 unspecified atom stereocenters. The monoisotopic (exact) mass is 435 g/mol. The Morgan fingerprint density at radius 1 is 1.22 bits per heavy atom. The molecular formula is C25H29N3O4. The highest BCUT2D eigenvalue weighted by molar-refractivity contribution is 5.93. The molecule has 2 aromatic rings. The minimum Gasteiger partial charge on any atom is -0.493 e. The second-order valence-electron chi connectivity index (χ2n) is 7.65. The van der Waals surface area contributed by atoms with Crippen LogP contribution in [0.5, 0.6) is 11.5 Å². The van der Waals surface area contributed by atoms with Crippen molar-refractivity contribution in [1.29, 1.82) is 0 Å². The molecule has 7 heteroatoms. The first-order valence-corrected chi connectivity index (χ1v) is 10.6. The summed E-state index contributed by atoms with van der Waals surface area (Å²) in [5.74, 6) is 1.53. The zero-order valence-electron chi connectivity index (χ0n) is 18.5. The van der Waals surface area contributed by atoms with Crippen molar-refractivity contribution in [3.05, 3.63) is 66.4 Å². The van der Waals surface area contributed by atoms with Gasteiger partial charge in [0, 0.05) is 31.3 Å². The number of carbonyl (C=O) groups excluding carboxylic acids is 2. The van der Waals surface area contributed by atoms with Gasteiger partial charge in [-0.3, -0.25) is 9.59 Å². The van der Waals surface area contributed by atoms with E-state index in [1.54, 1.807) is 42.5 Å². The summed E-state index contributed by atoms with van der Waals surface area (Å²) in [5, 5.41) is 2.88. The van der Waals surface area contributed by atoms with Crippen LogP contribution in [0.15, 0.2) is 55.3 Å². The Morgan fingerprint density at radius 3 is 2.69 bits per heavy atom. The van der Waals surface area contributed by atoms with Gasteiger partial charge in [-0.1, -0.05) is 18.7 Å². The maximum Gasteiger partial charge on any atom is 0.246 e. The van der Waals surface area contributed by atoms with Gasteiger partial charge in [0.05, 0.1) is 7.11 Å². The maximum absolute atomic E-state index is 12.6. The van der Waals surface area contributed by atoms with Crippen LogP contribution in [0.1, 0.15) is 24.0 Å². The van der Waals surface area contributed by atoms with Crippen LogP contribution in [-0.4, -0.2) is 48.5 Å². The van der Waals surface area contributed by atoms with Crippen LogP contribution in [-0.2, 0) is 9.59 Å². The maximum atomic E-state index is 12.6. The molecule has 32 heavy (non-hydrogen) atoms. The number of rotatable bonds is 8. The second-order valence-corrected chi connectivity index (χ2v) is 7.65. The molecule has 0 saturated carbocycles. The number of ether oxygens (including phenoxy) is 2. The van der Waals surface area contributed by atoms with Crippen molar-refractivity contribution in [3.63, 3.8) is 0 Å². The number of methoxy groups -OCH3 is 1. The lowest BCUT2D eigenvalue weighted by Crippen LogP contribution is -2.40. The van der Waals surface area contributed by atoms with Crippen molar-refractivity contribution in [2.45, 2.75) is 19.8 Å². The van der Waals surface area contributed by atoms with Gasteiger partial charge in [0.1, 0.15) is 12.4 Å². The summed E-state index contributed by atoms with van der Waals surface area (Å²) in [4.78, 5) is 31.1. The SMILES string of the molecule is C=CCOc1ccc(C=CC(=O)N2CCC(C(=O)Nc3cc(C)ccn3)CC2)cc1OC. The number of likely N-dealkylation sites (tertiary alicyclic amines) is 1. The minimum atomic E-state index is -0.127. The summed E-state index contributed by atoms with van der Waals surface area (Å²) in [6.07, 6.45) is 7.90. The third kappa shape index (κ3) is 6.20. The molecule has 168 valence electrons. The molecule has 0 aliphatic carbocycles. The van der Waals surface area contributed by atoms with Crippen molar-refractivity contribution >= 4 is 23.7 Å². The van der Waals surface area contributed by atoms with E-state index in [1.165, 1.54) is 0 Å². The van der Waals surface area contributed by atoms with Gasteiger partial charge < -0.3 is 19.7 Å². The normalized spacial score (nSPS) is 14.2. The van der Waals surface area contributed by atoms with Gasteiger partial charge in [-0.15, -0.1) is 0 Å². The summed E-state index contributed by atoms with van der Waals surface area (Å²) in [7, 11) is 1.57. The Morgan fingerprint density at radius 2 is 2.00 bits per heavy atom. The molecule has 0 radical (unpaired) electrons. The smallest absolute Gasteiger partial charge is 0.246 e. The van der Waals surface area contributed by atoms with E-state index in [0.717, 1.165) is 11.1 Å². The summed E-state index contributed by atoms with van der Waals surface area (Å²) < 4.78 is 10.9. The first-order chi connectivity index (χ1) is 15.5. The average molecular weight is 436 g/mol. The van der Waals surface area contributed by atoms with E-state index in [9.17, 15) is 9.59 Å². The lowest BCUT2D eigenvalue weighted by atomic mass is 9.96. The minimum absolute atomic E-state index is 0.0448. The van der Waals surface area contributed by atoms with Gasteiger partial charge in [-0.05, 0) is 61.2 Å². The van der Waals surface area contributed by atoms with Crippen LogP contribution >= 0.6 is 0 Å². The van der Waals surface area contributed by atoms with Crippen molar-refractivity contribution in [1.82, 2.24) is 9.88 Å². The van der Waals surface area contributed by atoms with Gasteiger partial charge in [0.25, 0.3) is 0 Å². The van der Waals surface area contributed by atoms with E-state index < -0.39 is 0 Å². The zero-order chi connectivity index (χ0) is 22.9. The molecule has 7 nitrogen and oxygen atoms in total. The van der Waals surface area contributed by atoms with Crippen LogP contribution in [0.3, 0.4) is 0 Å². The third-order valence-corrected chi connectivity index (χ3v) is 5.31. The average Bonchev–Trinajstić information content (AvgIpc) is 2.81. The molecule has 2 heterocycles. The summed E-state index contributed by atoms with van der Waals surface area (Å²) >= 11 is 0. The molecule has 0 spiro atoms. The molecule has 1 saturated heterocycles. The molecule has 1 aliphatic heterocycles. The van der Waals surface area contributed by atoms with Gasteiger partial charge in [-0.2, -0.15) is 0 Å². The van der Waals surface area contributed by atoms with Crippen LogP contribution in [0, 0.1) is 12.8 Å². The molecule has 1 N–H and O–H groups in total. The summed E-state index contributed by atoms with van der Waals surface area (Å²) in [6, 6.07) is 9.21. The van der Waals surface area contributed by atoms with Crippen LogP contribution < -0.4 is 14.8 Å². The molecule has 2 amide bonds. The number of carbonyl (C=O) groups is 2. The number of aryl methyl sites for hydroxylation is 1. The van der Waals surface area contributed by atoms with E-state index in [0.29, 0.717) is 49.9 Å². The number of anilines is 1. The number of hydrogen-bond acceptors (Lipinski definition) is 5. The van der Waals surface area contributed by atoms with Crippen molar-refractivity contribution in [2.24, 2.45) is 5.92 Å². The highest BCUT2D eigenvalue weighted by Gasteiger charge is 2.26. The Labute approximate surface area is 188 Å². The predicted molar refractivity (Wildman–Crippen MR) is 125 cm³/mol. The molecule has 1 aliphatic rings. The number of nitrogens with one attached hydrogen (secondary N) is 1. The number of aromatic nitrogens is 1. The fraction of sp³-hybridized carbons (Fsp3) is 0.320. The standard InChI is InChI=1S/C25H29N3O4/c1-4-15-32-21-7-5-19(17-22(21)31-3)6-8-24(29)28-13-10-20(11-14-28)25(30)27-23-16-18(2)9-12-26-23/h4-9,12,16-17,20H,1,10-11,13-15H2,2-3H3,(H,26,27,30). The Bertz CT molecular complexity index is 994. The lowest BCUT2D eigenvalue weighted by Gasteiger charge is -2.30. The van der Waals surface area contributed by atoms with Crippen LogP contribution in [0.4, 0.5) is 5.82 Å². The van der Waals surface area contributed by atoms with Crippen molar-refractivity contribution in [3.8, 4) is 11.5 Å². The number of hydrogen-bond donors (Lipinski definition) is 1. The number of amides is 2. The van der Waals surface area contributed by atoms with Gasteiger partial charge >= 0.3 is 0 Å². The third-order valence-electron chi connectivity index (χ3n) is 5.31. The van der Waals surface area contributed by atoms with Gasteiger partial charge in [0.15, 0.2) is 11.5 Å². The Hall–Kier alpha value is -3.61. The lowest BCUT2D eigenvalue weighted by molar-refractivity contribution is -0.130. The van der Waals surface area contributed by atoms with Crippen LogP contribution in [0.2, 0.25) is 0 Å². The topological polar surface area (TPSA) is 80.8 Å². The number of benzene rings is 1. The van der Waals surface area contributed by atoms with Gasteiger partial charge in [-0.25, -0.2) is 4.98 Å². The van der Waals surface area contributed by atoms with E-state index >= 15 is 0 Å². The zero-order valence-corrected chi connectivity index (χ0v) is 18.5. The number of piperidine rings is 1.